The maximum atomic E-state index is 14.1. The minimum atomic E-state index is -0.129. The Bertz CT molecular complexity index is 803. The van der Waals surface area contributed by atoms with Crippen molar-refractivity contribution in [3.8, 4) is 0 Å². The van der Waals surface area contributed by atoms with Gasteiger partial charge in [-0.1, -0.05) is 72.8 Å². The highest BCUT2D eigenvalue weighted by molar-refractivity contribution is 5.48. The van der Waals surface area contributed by atoms with E-state index in [9.17, 15) is 4.39 Å². The molecule has 0 saturated carbocycles. The Hall–Kier alpha value is -2.65. The van der Waals surface area contributed by atoms with E-state index < -0.39 is 0 Å². The molecule has 0 unspecified atom stereocenters. The molecule has 1 aliphatic heterocycles. The molecule has 0 bridgehead atoms. The van der Waals surface area contributed by atoms with Gasteiger partial charge in [0, 0.05) is 19.1 Å². The molecule has 2 nitrogen and oxygen atoms in total. The average molecular weight is 360 g/mol. The van der Waals surface area contributed by atoms with Crippen molar-refractivity contribution in [1.82, 2.24) is 5.32 Å². The number of para-hydroxylation sites is 1. The largest absolute Gasteiger partial charge is 0.369 e. The summed E-state index contributed by atoms with van der Waals surface area (Å²) in [5, 5.41) is 3.85. The second kappa shape index (κ2) is 8.36. The molecular weight excluding hydrogens is 335 g/mol. The van der Waals surface area contributed by atoms with Crippen molar-refractivity contribution < 1.29 is 4.39 Å². The van der Waals surface area contributed by atoms with E-state index in [0.29, 0.717) is 6.04 Å². The van der Waals surface area contributed by atoms with Gasteiger partial charge < -0.3 is 10.2 Å². The molecule has 3 aromatic carbocycles. The van der Waals surface area contributed by atoms with Crippen LogP contribution in [-0.4, -0.2) is 19.1 Å². The Morgan fingerprint density at radius 3 is 1.81 bits per heavy atom. The van der Waals surface area contributed by atoms with Crippen molar-refractivity contribution >= 4 is 5.69 Å². The summed E-state index contributed by atoms with van der Waals surface area (Å²) < 4.78 is 14.1. The first-order valence-corrected chi connectivity index (χ1v) is 9.66. The Balaban J connectivity index is 1.46. The molecule has 138 valence electrons. The molecule has 1 saturated heterocycles. The van der Waals surface area contributed by atoms with Gasteiger partial charge in [-0.2, -0.15) is 0 Å². The molecule has 1 heterocycles. The third kappa shape index (κ3) is 4.20. The fourth-order valence-corrected chi connectivity index (χ4v) is 3.91. The van der Waals surface area contributed by atoms with Crippen LogP contribution in [0.15, 0.2) is 84.9 Å². The van der Waals surface area contributed by atoms with Crippen molar-refractivity contribution in [3.63, 3.8) is 0 Å². The highest BCUT2D eigenvalue weighted by Gasteiger charge is 2.24. The number of nitrogens with zero attached hydrogens (tertiary/aromatic N) is 1. The van der Waals surface area contributed by atoms with Gasteiger partial charge in [0.05, 0.1) is 11.7 Å². The van der Waals surface area contributed by atoms with Gasteiger partial charge in [0.2, 0.25) is 0 Å². The molecule has 0 spiro atoms. The van der Waals surface area contributed by atoms with Crippen molar-refractivity contribution in [2.24, 2.45) is 0 Å². The maximum Gasteiger partial charge on any atom is 0.146 e. The van der Waals surface area contributed by atoms with Crippen LogP contribution in [0.5, 0.6) is 0 Å². The molecule has 3 aromatic rings. The van der Waals surface area contributed by atoms with Crippen LogP contribution >= 0.6 is 0 Å². The van der Waals surface area contributed by atoms with E-state index in [-0.39, 0.29) is 11.9 Å². The van der Waals surface area contributed by atoms with Crippen LogP contribution in [0.1, 0.15) is 30.0 Å². The third-order valence-corrected chi connectivity index (χ3v) is 5.36. The van der Waals surface area contributed by atoms with Crippen molar-refractivity contribution in [2.45, 2.75) is 24.9 Å². The van der Waals surface area contributed by atoms with Crippen molar-refractivity contribution in [3.05, 3.63) is 102 Å². The van der Waals surface area contributed by atoms with E-state index >= 15 is 0 Å². The number of hydrogen-bond donors (Lipinski definition) is 1. The monoisotopic (exact) mass is 360 g/mol. The van der Waals surface area contributed by atoms with Gasteiger partial charge >= 0.3 is 0 Å². The fourth-order valence-electron chi connectivity index (χ4n) is 3.91. The first-order valence-electron chi connectivity index (χ1n) is 9.66. The topological polar surface area (TPSA) is 15.3 Å². The number of hydrogen-bond acceptors (Lipinski definition) is 2. The van der Waals surface area contributed by atoms with Gasteiger partial charge in [0.15, 0.2) is 0 Å². The fraction of sp³-hybridized carbons (Fsp3) is 0.250. The lowest BCUT2D eigenvalue weighted by Crippen LogP contribution is -2.44. The summed E-state index contributed by atoms with van der Waals surface area (Å²) in [4.78, 5) is 2.16. The standard InChI is InChI=1S/C24H25FN2/c25-22-13-7-8-14-23(22)27-17-15-21(16-18-27)26-24(19-9-3-1-4-10-19)20-11-5-2-6-12-20/h1-14,21,24,26H,15-18H2. The molecule has 27 heavy (non-hydrogen) atoms. The molecule has 3 heteroatoms. The lowest BCUT2D eigenvalue weighted by molar-refractivity contribution is 0.389. The van der Waals surface area contributed by atoms with Gasteiger partial charge in [-0.15, -0.1) is 0 Å². The molecule has 0 aliphatic carbocycles. The minimum absolute atomic E-state index is 0.129. The first kappa shape index (κ1) is 17.7. The summed E-state index contributed by atoms with van der Waals surface area (Å²) in [5.74, 6) is -0.129. The van der Waals surface area contributed by atoms with Crippen molar-refractivity contribution in [2.75, 3.05) is 18.0 Å². The summed E-state index contributed by atoms with van der Waals surface area (Å²) in [6.07, 6.45) is 2.01. The van der Waals surface area contributed by atoms with E-state index in [4.69, 9.17) is 0 Å². The second-order valence-corrected chi connectivity index (χ2v) is 7.13. The van der Waals surface area contributed by atoms with Crippen LogP contribution in [0.4, 0.5) is 10.1 Å². The predicted molar refractivity (Wildman–Crippen MR) is 109 cm³/mol. The minimum Gasteiger partial charge on any atom is -0.369 e. The normalized spacial score (nSPS) is 15.3. The highest BCUT2D eigenvalue weighted by Crippen LogP contribution is 2.27. The highest BCUT2D eigenvalue weighted by atomic mass is 19.1. The molecule has 0 radical (unpaired) electrons. The molecule has 0 amide bonds. The van der Waals surface area contributed by atoms with Crippen LogP contribution in [-0.2, 0) is 0 Å². The number of benzene rings is 3. The zero-order valence-electron chi connectivity index (χ0n) is 15.4. The van der Waals surface area contributed by atoms with Gasteiger partial charge in [-0.25, -0.2) is 4.39 Å². The molecule has 0 atom stereocenters. The number of piperidine rings is 1. The smallest absolute Gasteiger partial charge is 0.146 e. The quantitative estimate of drug-likeness (QED) is 0.675. The molecule has 1 fully saturated rings. The van der Waals surface area contributed by atoms with E-state index in [1.165, 1.54) is 11.1 Å². The number of anilines is 1. The first-order chi connectivity index (χ1) is 13.3. The van der Waals surface area contributed by atoms with E-state index in [1.54, 1.807) is 12.1 Å². The summed E-state index contributed by atoms with van der Waals surface area (Å²) in [7, 11) is 0. The number of halogens is 1. The van der Waals surface area contributed by atoms with Crippen LogP contribution in [0.2, 0.25) is 0 Å². The SMILES string of the molecule is Fc1ccccc1N1CCC(NC(c2ccccc2)c2ccccc2)CC1. The Kier molecular flexibility index (Phi) is 5.50. The van der Waals surface area contributed by atoms with E-state index in [1.807, 2.05) is 12.1 Å². The van der Waals surface area contributed by atoms with Gasteiger partial charge in [0.25, 0.3) is 0 Å². The van der Waals surface area contributed by atoms with Gasteiger partial charge in [-0.05, 0) is 36.1 Å². The Morgan fingerprint density at radius 2 is 1.26 bits per heavy atom. The zero-order chi connectivity index (χ0) is 18.5. The third-order valence-electron chi connectivity index (χ3n) is 5.36. The van der Waals surface area contributed by atoms with Crippen molar-refractivity contribution in [1.29, 1.82) is 0 Å². The maximum absolute atomic E-state index is 14.1. The predicted octanol–water partition coefficient (Wildman–Crippen LogP) is 5.17. The second-order valence-electron chi connectivity index (χ2n) is 7.13. The number of rotatable bonds is 5. The average Bonchev–Trinajstić information content (AvgIpc) is 2.74. The summed E-state index contributed by atoms with van der Waals surface area (Å²) >= 11 is 0. The molecule has 1 N–H and O–H groups in total. The van der Waals surface area contributed by atoms with Crippen LogP contribution in [0, 0.1) is 5.82 Å². The van der Waals surface area contributed by atoms with Crippen LogP contribution in [0.3, 0.4) is 0 Å². The number of nitrogens with one attached hydrogen (secondary N) is 1. The van der Waals surface area contributed by atoms with Gasteiger partial charge in [0.1, 0.15) is 5.82 Å². The van der Waals surface area contributed by atoms with E-state index in [2.05, 4.69) is 70.9 Å². The lowest BCUT2D eigenvalue weighted by Gasteiger charge is -2.36. The molecular formula is C24H25FN2. The summed E-state index contributed by atoms with van der Waals surface area (Å²) in [5.41, 5.74) is 3.28. The summed E-state index contributed by atoms with van der Waals surface area (Å²) in [6.45, 7) is 1.74. The molecule has 4 rings (SSSR count). The van der Waals surface area contributed by atoms with Crippen LogP contribution < -0.4 is 10.2 Å². The Morgan fingerprint density at radius 1 is 0.741 bits per heavy atom. The summed E-state index contributed by atoms with van der Waals surface area (Å²) in [6, 6.07) is 28.9. The Labute approximate surface area is 160 Å². The zero-order valence-corrected chi connectivity index (χ0v) is 15.4. The van der Waals surface area contributed by atoms with Gasteiger partial charge in [-0.3, -0.25) is 0 Å². The molecule has 0 aromatic heterocycles. The molecule has 1 aliphatic rings. The lowest BCUT2D eigenvalue weighted by atomic mass is 9.95. The van der Waals surface area contributed by atoms with E-state index in [0.717, 1.165) is 31.6 Å². The van der Waals surface area contributed by atoms with Crippen LogP contribution in [0.25, 0.3) is 0 Å².